The van der Waals surface area contributed by atoms with Gasteiger partial charge in [-0.1, -0.05) is 18.2 Å². The molecule has 1 saturated heterocycles. The third-order valence-corrected chi connectivity index (χ3v) is 3.49. The van der Waals surface area contributed by atoms with Crippen LogP contribution in [0.5, 0.6) is 0 Å². The Morgan fingerprint density at radius 1 is 1.38 bits per heavy atom. The maximum absolute atomic E-state index is 12.1. The van der Waals surface area contributed by atoms with Crippen molar-refractivity contribution in [3.8, 4) is 0 Å². The summed E-state index contributed by atoms with van der Waals surface area (Å²) < 4.78 is 5.13. The van der Waals surface area contributed by atoms with Gasteiger partial charge in [0.2, 0.25) is 5.91 Å². The molecule has 82 valence electrons. The van der Waals surface area contributed by atoms with E-state index < -0.39 is 11.5 Å². The second-order valence-corrected chi connectivity index (χ2v) is 4.28. The average Bonchev–Trinajstić information content (AvgIpc) is 2.69. The third kappa shape index (κ3) is 0.939. The Morgan fingerprint density at radius 3 is 2.81 bits per heavy atom. The van der Waals surface area contributed by atoms with Crippen molar-refractivity contribution < 1.29 is 14.3 Å². The summed E-state index contributed by atoms with van der Waals surface area (Å²) in [5.74, 6) is -0.439. The Labute approximate surface area is 92.6 Å². The van der Waals surface area contributed by atoms with Gasteiger partial charge >= 0.3 is 5.97 Å². The minimum atomic E-state index is -0.812. The Hall–Kier alpha value is -1.84. The fourth-order valence-electron chi connectivity index (χ4n) is 2.63. The minimum absolute atomic E-state index is 0.132. The summed E-state index contributed by atoms with van der Waals surface area (Å²) in [5, 5.41) is 2.81. The molecule has 1 fully saturated rings. The lowest BCUT2D eigenvalue weighted by molar-refractivity contribution is -0.140. The largest absolute Gasteiger partial charge is 0.461 e. The molecule has 1 spiro atoms. The lowest BCUT2D eigenvalue weighted by Crippen LogP contribution is -2.40. The summed E-state index contributed by atoms with van der Waals surface area (Å²) in [7, 11) is 0. The SMILES string of the molecule is C[C@H]1OC(=O)C[C@]12C(=O)Nc1ccccc12. The smallest absolute Gasteiger partial charge is 0.307 e. The van der Waals surface area contributed by atoms with Crippen LogP contribution >= 0.6 is 0 Å². The van der Waals surface area contributed by atoms with Crippen LogP contribution in [0.2, 0.25) is 0 Å². The first-order valence-corrected chi connectivity index (χ1v) is 5.25. The number of esters is 1. The highest BCUT2D eigenvalue weighted by Crippen LogP contribution is 2.47. The molecular formula is C12H11NO3. The Morgan fingerprint density at radius 2 is 2.12 bits per heavy atom. The quantitative estimate of drug-likeness (QED) is 0.664. The van der Waals surface area contributed by atoms with Crippen molar-refractivity contribution in [1.82, 2.24) is 0 Å². The molecule has 0 aromatic heterocycles. The predicted octanol–water partition coefficient (Wildman–Crippen LogP) is 1.21. The zero-order chi connectivity index (χ0) is 11.3. The van der Waals surface area contributed by atoms with E-state index in [1.54, 1.807) is 6.92 Å². The van der Waals surface area contributed by atoms with Gasteiger partial charge in [-0.15, -0.1) is 0 Å². The van der Waals surface area contributed by atoms with Crippen molar-refractivity contribution >= 4 is 17.6 Å². The number of amides is 1. The lowest BCUT2D eigenvalue weighted by atomic mass is 9.76. The summed E-state index contributed by atoms with van der Waals surface area (Å²) in [5.41, 5.74) is 0.851. The molecule has 3 rings (SSSR count). The second-order valence-electron chi connectivity index (χ2n) is 4.28. The molecule has 2 atom stereocenters. The number of cyclic esters (lactones) is 1. The van der Waals surface area contributed by atoms with Gasteiger partial charge in [0.25, 0.3) is 0 Å². The van der Waals surface area contributed by atoms with Crippen molar-refractivity contribution in [3.63, 3.8) is 0 Å². The number of carbonyl (C=O) groups excluding carboxylic acids is 2. The highest BCUT2D eigenvalue weighted by molar-refractivity contribution is 6.09. The highest BCUT2D eigenvalue weighted by Gasteiger charge is 2.57. The molecule has 16 heavy (non-hydrogen) atoms. The first-order chi connectivity index (χ1) is 7.64. The normalized spacial score (nSPS) is 31.4. The van der Waals surface area contributed by atoms with Crippen molar-refractivity contribution in [2.45, 2.75) is 24.9 Å². The van der Waals surface area contributed by atoms with Crippen LogP contribution in [-0.4, -0.2) is 18.0 Å². The second kappa shape index (κ2) is 2.84. The van der Waals surface area contributed by atoms with Crippen LogP contribution in [-0.2, 0) is 19.7 Å². The van der Waals surface area contributed by atoms with Crippen molar-refractivity contribution in [3.05, 3.63) is 29.8 Å². The number of nitrogens with one attached hydrogen (secondary N) is 1. The molecule has 0 bridgehead atoms. The number of benzene rings is 1. The van der Waals surface area contributed by atoms with Gasteiger partial charge in [-0.2, -0.15) is 0 Å². The molecule has 2 aliphatic rings. The Balaban J connectivity index is 2.21. The number of carbonyl (C=O) groups is 2. The monoisotopic (exact) mass is 217 g/mol. The molecule has 1 N–H and O–H groups in total. The van der Waals surface area contributed by atoms with E-state index in [4.69, 9.17) is 4.74 Å². The van der Waals surface area contributed by atoms with E-state index in [2.05, 4.69) is 5.32 Å². The predicted molar refractivity (Wildman–Crippen MR) is 56.9 cm³/mol. The molecule has 1 aromatic rings. The van der Waals surface area contributed by atoms with Crippen molar-refractivity contribution in [1.29, 1.82) is 0 Å². The Bertz CT molecular complexity index is 497. The fourth-order valence-corrected chi connectivity index (χ4v) is 2.63. The van der Waals surface area contributed by atoms with Gasteiger partial charge in [0.1, 0.15) is 11.5 Å². The van der Waals surface area contributed by atoms with Crippen LogP contribution in [0, 0.1) is 0 Å². The molecule has 4 nitrogen and oxygen atoms in total. The van der Waals surface area contributed by atoms with Gasteiger partial charge in [0.05, 0.1) is 6.42 Å². The standard InChI is InChI=1S/C12H11NO3/c1-7-12(6-10(14)16-7)8-4-2-3-5-9(8)13-11(12)15/h2-5,7H,6H2,1H3,(H,13,15)/t7-,12+/m1/s1. The van der Waals surface area contributed by atoms with E-state index in [9.17, 15) is 9.59 Å². The molecule has 0 unspecified atom stereocenters. The number of hydrogen-bond acceptors (Lipinski definition) is 3. The third-order valence-electron chi connectivity index (χ3n) is 3.49. The molecular weight excluding hydrogens is 206 g/mol. The molecule has 0 aliphatic carbocycles. The maximum Gasteiger partial charge on any atom is 0.307 e. The number of fused-ring (bicyclic) bond motifs is 2. The lowest BCUT2D eigenvalue weighted by Gasteiger charge is -2.23. The van der Waals surface area contributed by atoms with E-state index in [0.717, 1.165) is 11.3 Å². The highest BCUT2D eigenvalue weighted by atomic mass is 16.6. The molecule has 2 aliphatic heterocycles. The van der Waals surface area contributed by atoms with Crippen molar-refractivity contribution in [2.24, 2.45) is 0 Å². The maximum atomic E-state index is 12.1. The van der Waals surface area contributed by atoms with Crippen LogP contribution in [0.1, 0.15) is 18.9 Å². The van der Waals surface area contributed by atoms with Gasteiger partial charge < -0.3 is 10.1 Å². The van der Waals surface area contributed by atoms with Crippen LogP contribution < -0.4 is 5.32 Å². The van der Waals surface area contributed by atoms with E-state index in [1.165, 1.54) is 0 Å². The van der Waals surface area contributed by atoms with Gasteiger partial charge in [-0.3, -0.25) is 9.59 Å². The summed E-state index contributed by atoms with van der Waals surface area (Å²) >= 11 is 0. The van der Waals surface area contributed by atoms with Gasteiger partial charge in [0, 0.05) is 5.69 Å². The number of ether oxygens (including phenoxy) is 1. The van der Waals surface area contributed by atoms with E-state index in [0.29, 0.717) is 0 Å². The van der Waals surface area contributed by atoms with Crippen molar-refractivity contribution in [2.75, 3.05) is 5.32 Å². The Kier molecular flexibility index (Phi) is 1.67. The summed E-state index contributed by atoms with van der Waals surface area (Å²) in [6.45, 7) is 1.77. The number of para-hydroxylation sites is 1. The summed E-state index contributed by atoms with van der Waals surface area (Å²) in [4.78, 5) is 23.4. The topological polar surface area (TPSA) is 55.4 Å². The van der Waals surface area contributed by atoms with Crippen LogP contribution in [0.4, 0.5) is 5.69 Å². The van der Waals surface area contributed by atoms with E-state index in [1.807, 2.05) is 24.3 Å². The van der Waals surface area contributed by atoms with E-state index >= 15 is 0 Å². The average molecular weight is 217 g/mol. The van der Waals surface area contributed by atoms with E-state index in [-0.39, 0.29) is 18.3 Å². The summed E-state index contributed by atoms with van der Waals surface area (Å²) in [6.07, 6.45) is -0.263. The number of hydrogen-bond donors (Lipinski definition) is 1. The molecule has 1 amide bonds. The molecule has 0 radical (unpaired) electrons. The van der Waals surface area contributed by atoms with Crippen LogP contribution in [0.15, 0.2) is 24.3 Å². The van der Waals surface area contributed by atoms with Crippen LogP contribution in [0.25, 0.3) is 0 Å². The number of anilines is 1. The van der Waals surface area contributed by atoms with Gasteiger partial charge in [0.15, 0.2) is 0 Å². The molecule has 0 saturated carbocycles. The van der Waals surface area contributed by atoms with Gasteiger partial charge in [-0.05, 0) is 18.6 Å². The first-order valence-electron chi connectivity index (χ1n) is 5.25. The minimum Gasteiger partial charge on any atom is -0.461 e. The van der Waals surface area contributed by atoms with Crippen LogP contribution in [0.3, 0.4) is 0 Å². The molecule has 2 heterocycles. The van der Waals surface area contributed by atoms with Gasteiger partial charge in [-0.25, -0.2) is 0 Å². The molecule has 4 heteroatoms. The fraction of sp³-hybridized carbons (Fsp3) is 0.333. The first kappa shape index (κ1) is 9.39. The summed E-state index contributed by atoms with van der Waals surface area (Å²) in [6, 6.07) is 7.46. The molecule has 1 aromatic carbocycles. The zero-order valence-corrected chi connectivity index (χ0v) is 8.82. The zero-order valence-electron chi connectivity index (χ0n) is 8.82. The number of rotatable bonds is 0.